The van der Waals surface area contributed by atoms with Crippen molar-refractivity contribution >= 4 is 35.5 Å². The molecule has 3 aromatic rings. The zero-order chi connectivity index (χ0) is 22.4. The SMILES string of the molecule is CCn1c(SCC(=O)N/N=C\c2ccccc2C(F)(F)F)nnc1-c1ccc(Cl)cc1. The molecule has 11 heteroatoms. The summed E-state index contributed by atoms with van der Waals surface area (Å²) < 4.78 is 40.8. The van der Waals surface area contributed by atoms with Gasteiger partial charge >= 0.3 is 6.18 Å². The molecule has 0 bridgehead atoms. The van der Waals surface area contributed by atoms with Crippen LogP contribution in [0.15, 0.2) is 58.8 Å². The number of nitrogens with zero attached hydrogens (tertiary/aromatic N) is 4. The Hall–Kier alpha value is -2.85. The Kier molecular flexibility index (Phi) is 7.34. The van der Waals surface area contributed by atoms with Gasteiger partial charge in [0.2, 0.25) is 0 Å². The lowest BCUT2D eigenvalue weighted by molar-refractivity contribution is -0.137. The van der Waals surface area contributed by atoms with Crippen molar-refractivity contribution in [1.82, 2.24) is 20.2 Å². The highest BCUT2D eigenvalue weighted by molar-refractivity contribution is 7.99. The summed E-state index contributed by atoms with van der Waals surface area (Å²) in [6.07, 6.45) is -3.53. The molecule has 0 saturated heterocycles. The third-order valence-corrected chi connectivity index (χ3v) is 5.35. The highest BCUT2D eigenvalue weighted by atomic mass is 35.5. The first-order chi connectivity index (χ1) is 14.8. The molecule has 1 N–H and O–H groups in total. The van der Waals surface area contributed by atoms with E-state index in [1.165, 1.54) is 18.2 Å². The number of aromatic nitrogens is 3. The lowest BCUT2D eigenvalue weighted by atomic mass is 10.1. The van der Waals surface area contributed by atoms with Crippen molar-refractivity contribution in [2.24, 2.45) is 5.10 Å². The molecular formula is C20H17ClF3N5OS. The molecule has 0 aliphatic rings. The zero-order valence-corrected chi connectivity index (χ0v) is 17.8. The van der Waals surface area contributed by atoms with Gasteiger partial charge in [-0.05, 0) is 37.3 Å². The van der Waals surface area contributed by atoms with E-state index in [9.17, 15) is 18.0 Å². The predicted molar refractivity (Wildman–Crippen MR) is 114 cm³/mol. The molecule has 162 valence electrons. The number of carbonyl (C=O) groups excluding carboxylic acids is 1. The molecule has 1 amide bonds. The minimum absolute atomic E-state index is 0.0307. The minimum atomic E-state index is -4.51. The fourth-order valence-electron chi connectivity index (χ4n) is 2.70. The van der Waals surface area contributed by atoms with Gasteiger partial charge in [0.25, 0.3) is 5.91 Å². The average Bonchev–Trinajstić information content (AvgIpc) is 3.15. The number of benzene rings is 2. The van der Waals surface area contributed by atoms with Crippen molar-refractivity contribution in [2.45, 2.75) is 24.8 Å². The van der Waals surface area contributed by atoms with E-state index in [1.54, 1.807) is 12.1 Å². The topological polar surface area (TPSA) is 72.2 Å². The van der Waals surface area contributed by atoms with Crippen molar-refractivity contribution < 1.29 is 18.0 Å². The van der Waals surface area contributed by atoms with Crippen LogP contribution in [-0.2, 0) is 17.5 Å². The first-order valence-corrected chi connectivity index (χ1v) is 10.5. The van der Waals surface area contributed by atoms with Gasteiger partial charge in [0.1, 0.15) is 0 Å². The third-order valence-electron chi connectivity index (χ3n) is 4.13. The number of nitrogens with one attached hydrogen (secondary N) is 1. The fourth-order valence-corrected chi connectivity index (χ4v) is 3.62. The number of hydrazone groups is 1. The van der Waals surface area contributed by atoms with Gasteiger partial charge < -0.3 is 4.57 Å². The Morgan fingerprint density at radius 1 is 1.19 bits per heavy atom. The van der Waals surface area contributed by atoms with Crippen LogP contribution in [0.5, 0.6) is 0 Å². The number of rotatable bonds is 7. The maximum atomic E-state index is 13.0. The molecule has 0 aliphatic carbocycles. The van der Waals surface area contributed by atoms with E-state index < -0.39 is 17.6 Å². The van der Waals surface area contributed by atoms with Gasteiger partial charge in [-0.3, -0.25) is 4.79 Å². The number of hydrogen-bond donors (Lipinski definition) is 1. The van der Waals surface area contributed by atoms with Crippen LogP contribution in [0.4, 0.5) is 13.2 Å². The van der Waals surface area contributed by atoms with Gasteiger partial charge in [-0.15, -0.1) is 10.2 Å². The lowest BCUT2D eigenvalue weighted by Crippen LogP contribution is -2.20. The van der Waals surface area contributed by atoms with Crippen LogP contribution in [0, 0.1) is 0 Å². The highest BCUT2D eigenvalue weighted by Gasteiger charge is 2.32. The number of hydrogen-bond acceptors (Lipinski definition) is 5. The summed E-state index contributed by atoms with van der Waals surface area (Å²) in [5, 5.41) is 13.1. The standard InChI is InChI=1S/C20H17ClF3N5OS/c1-2-29-18(13-7-9-15(21)10-8-13)27-28-19(29)31-12-17(30)26-25-11-14-5-3-4-6-16(14)20(22,23)24/h3-11H,2,12H2,1H3,(H,26,30)/b25-11-. The smallest absolute Gasteiger partial charge is 0.302 e. The summed E-state index contributed by atoms with van der Waals surface area (Å²) in [5.74, 6) is 0.130. The van der Waals surface area contributed by atoms with Gasteiger partial charge in [0.15, 0.2) is 11.0 Å². The molecule has 1 aromatic heterocycles. The predicted octanol–water partition coefficient (Wildman–Crippen LogP) is 4.88. The van der Waals surface area contributed by atoms with Crippen LogP contribution >= 0.6 is 23.4 Å². The molecule has 0 spiro atoms. The molecule has 0 unspecified atom stereocenters. The molecule has 0 atom stereocenters. The van der Waals surface area contributed by atoms with Crippen molar-refractivity contribution in [2.75, 3.05) is 5.75 Å². The lowest BCUT2D eigenvalue weighted by Gasteiger charge is -2.09. The summed E-state index contributed by atoms with van der Waals surface area (Å²) in [5.41, 5.74) is 2.11. The normalized spacial score (nSPS) is 11.8. The van der Waals surface area contributed by atoms with Crippen molar-refractivity contribution in [3.63, 3.8) is 0 Å². The second kappa shape index (κ2) is 9.97. The van der Waals surface area contributed by atoms with Crippen molar-refractivity contribution in [3.8, 4) is 11.4 Å². The molecule has 3 rings (SSSR count). The van der Waals surface area contributed by atoms with Gasteiger partial charge in [-0.2, -0.15) is 18.3 Å². The molecule has 6 nitrogen and oxygen atoms in total. The monoisotopic (exact) mass is 467 g/mol. The summed E-state index contributed by atoms with van der Waals surface area (Å²) in [6, 6.07) is 12.1. The van der Waals surface area contributed by atoms with Crippen LogP contribution in [0.1, 0.15) is 18.1 Å². The molecular weight excluding hydrogens is 451 g/mol. The Bertz CT molecular complexity index is 1080. The number of carbonyl (C=O) groups is 1. The first kappa shape index (κ1) is 22.8. The van der Waals surface area contributed by atoms with Crippen LogP contribution in [-0.4, -0.2) is 32.6 Å². The quantitative estimate of drug-likeness (QED) is 0.305. The van der Waals surface area contributed by atoms with E-state index >= 15 is 0 Å². The average molecular weight is 468 g/mol. The zero-order valence-electron chi connectivity index (χ0n) is 16.2. The van der Waals surface area contributed by atoms with E-state index in [0.717, 1.165) is 29.6 Å². The highest BCUT2D eigenvalue weighted by Crippen LogP contribution is 2.31. The number of amides is 1. The van der Waals surface area contributed by atoms with Crippen molar-refractivity contribution in [1.29, 1.82) is 0 Å². The minimum Gasteiger partial charge on any atom is -0.302 e. The maximum Gasteiger partial charge on any atom is 0.417 e. The van der Waals surface area contributed by atoms with Gasteiger partial charge in [-0.25, -0.2) is 5.43 Å². The van der Waals surface area contributed by atoms with Gasteiger partial charge in [0.05, 0.1) is 17.5 Å². The van der Waals surface area contributed by atoms with E-state index in [0.29, 0.717) is 22.5 Å². The van der Waals surface area contributed by atoms with Gasteiger partial charge in [0, 0.05) is 22.7 Å². The Morgan fingerprint density at radius 3 is 2.58 bits per heavy atom. The number of alkyl halides is 3. The van der Waals surface area contributed by atoms with E-state index in [2.05, 4.69) is 20.7 Å². The maximum absolute atomic E-state index is 13.0. The Labute approximate surface area is 185 Å². The van der Waals surface area contributed by atoms with Crippen LogP contribution < -0.4 is 5.43 Å². The Morgan fingerprint density at radius 2 is 1.90 bits per heavy atom. The molecule has 0 aliphatic heterocycles. The second-order valence-electron chi connectivity index (χ2n) is 6.22. The van der Waals surface area contributed by atoms with Crippen LogP contribution in [0.25, 0.3) is 11.4 Å². The van der Waals surface area contributed by atoms with Crippen molar-refractivity contribution in [3.05, 3.63) is 64.7 Å². The molecule has 0 saturated carbocycles. The largest absolute Gasteiger partial charge is 0.417 e. The second-order valence-corrected chi connectivity index (χ2v) is 7.60. The summed E-state index contributed by atoms with van der Waals surface area (Å²) in [6.45, 7) is 2.51. The summed E-state index contributed by atoms with van der Waals surface area (Å²) in [7, 11) is 0. The van der Waals surface area contributed by atoms with Crippen LogP contribution in [0.3, 0.4) is 0 Å². The van der Waals surface area contributed by atoms with E-state index in [1.807, 2.05) is 23.6 Å². The van der Waals surface area contributed by atoms with E-state index in [4.69, 9.17) is 11.6 Å². The number of halogens is 4. The third kappa shape index (κ3) is 5.86. The number of thioether (sulfide) groups is 1. The first-order valence-electron chi connectivity index (χ1n) is 9.09. The summed E-state index contributed by atoms with van der Waals surface area (Å²) in [4.78, 5) is 12.1. The van der Waals surface area contributed by atoms with Crippen LogP contribution in [0.2, 0.25) is 5.02 Å². The Balaban J connectivity index is 1.62. The summed E-state index contributed by atoms with van der Waals surface area (Å²) >= 11 is 7.07. The fraction of sp³-hybridized carbons (Fsp3) is 0.200. The van der Waals surface area contributed by atoms with Gasteiger partial charge in [-0.1, -0.05) is 41.6 Å². The molecule has 0 fully saturated rings. The van der Waals surface area contributed by atoms with E-state index in [-0.39, 0.29) is 11.3 Å². The molecule has 0 radical (unpaired) electrons. The molecule has 2 aromatic carbocycles. The molecule has 1 heterocycles. The molecule has 31 heavy (non-hydrogen) atoms.